The van der Waals surface area contributed by atoms with Crippen LogP contribution in [0.3, 0.4) is 0 Å². The van der Waals surface area contributed by atoms with Gasteiger partial charge in [0.2, 0.25) is 11.8 Å². The SMILES string of the molecule is Cc1cc(C)c(C(C(=O)Nc2ccc(Cl)cc2)C(=O)Nc2ccc(Cl)cc2)c(C)c1. The van der Waals surface area contributed by atoms with Crippen molar-refractivity contribution in [3.8, 4) is 0 Å². The molecule has 0 bridgehead atoms. The lowest BCUT2D eigenvalue weighted by molar-refractivity contribution is -0.126. The molecule has 0 spiro atoms. The molecule has 0 saturated carbocycles. The number of aryl methyl sites for hydroxylation is 3. The fourth-order valence-corrected chi connectivity index (χ4v) is 3.78. The number of carbonyl (C=O) groups is 2. The van der Waals surface area contributed by atoms with E-state index in [0.717, 1.165) is 16.7 Å². The maximum absolute atomic E-state index is 13.2. The van der Waals surface area contributed by atoms with Gasteiger partial charge in [-0.05, 0) is 86.0 Å². The lowest BCUT2D eigenvalue weighted by Crippen LogP contribution is -2.33. The number of nitrogens with one attached hydrogen (secondary N) is 2. The summed E-state index contributed by atoms with van der Waals surface area (Å²) in [6.45, 7) is 5.81. The van der Waals surface area contributed by atoms with Gasteiger partial charge in [0.1, 0.15) is 5.92 Å². The average Bonchev–Trinajstić information content (AvgIpc) is 2.68. The first-order chi connectivity index (χ1) is 14.2. The number of benzene rings is 3. The Bertz CT molecular complexity index is 995. The topological polar surface area (TPSA) is 58.2 Å². The number of anilines is 2. The van der Waals surface area contributed by atoms with Crippen LogP contribution in [-0.4, -0.2) is 11.8 Å². The van der Waals surface area contributed by atoms with Gasteiger partial charge in [-0.3, -0.25) is 9.59 Å². The molecule has 6 heteroatoms. The molecule has 4 nitrogen and oxygen atoms in total. The number of carbonyl (C=O) groups excluding carboxylic acids is 2. The monoisotopic (exact) mass is 440 g/mol. The third kappa shape index (κ3) is 5.21. The second-order valence-corrected chi connectivity index (χ2v) is 8.11. The van der Waals surface area contributed by atoms with Gasteiger partial charge in [0, 0.05) is 21.4 Å². The van der Waals surface area contributed by atoms with Gasteiger partial charge in [0.05, 0.1) is 0 Å². The second kappa shape index (κ2) is 9.33. The molecule has 0 aliphatic heterocycles. The molecule has 0 aliphatic carbocycles. The number of halogens is 2. The largest absolute Gasteiger partial charge is 0.325 e. The molecular formula is C24H22Cl2N2O2. The van der Waals surface area contributed by atoms with Crippen LogP contribution < -0.4 is 10.6 Å². The van der Waals surface area contributed by atoms with Gasteiger partial charge in [-0.1, -0.05) is 40.9 Å². The Labute approximate surface area is 186 Å². The predicted octanol–water partition coefficient (Wildman–Crippen LogP) is 6.28. The van der Waals surface area contributed by atoms with E-state index in [4.69, 9.17) is 23.2 Å². The Morgan fingerprint density at radius 1 is 0.700 bits per heavy atom. The van der Waals surface area contributed by atoms with Crippen molar-refractivity contribution < 1.29 is 9.59 Å². The summed E-state index contributed by atoms with van der Waals surface area (Å²) < 4.78 is 0. The van der Waals surface area contributed by atoms with Gasteiger partial charge >= 0.3 is 0 Å². The van der Waals surface area contributed by atoms with Crippen LogP contribution in [0.2, 0.25) is 10.0 Å². The summed E-state index contributed by atoms with van der Waals surface area (Å²) >= 11 is 11.9. The summed E-state index contributed by atoms with van der Waals surface area (Å²) in [5.41, 5.74) is 4.67. The summed E-state index contributed by atoms with van der Waals surface area (Å²) in [5.74, 6) is -1.87. The van der Waals surface area contributed by atoms with E-state index in [9.17, 15) is 9.59 Å². The van der Waals surface area contributed by atoms with Crippen molar-refractivity contribution >= 4 is 46.4 Å². The Balaban J connectivity index is 1.97. The van der Waals surface area contributed by atoms with E-state index in [1.165, 1.54) is 0 Å². The molecule has 2 N–H and O–H groups in total. The maximum atomic E-state index is 13.2. The smallest absolute Gasteiger partial charge is 0.241 e. The molecule has 3 aromatic rings. The first kappa shape index (κ1) is 21.9. The van der Waals surface area contributed by atoms with Gasteiger partial charge in [0.15, 0.2) is 0 Å². The molecule has 3 rings (SSSR count). The number of rotatable bonds is 5. The highest BCUT2D eigenvalue weighted by Crippen LogP contribution is 2.29. The van der Waals surface area contributed by atoms with Crippen LogP contribution in [0.1, 0.15) is 28.2 Å². The van der Waals surface area contributed by atoms with Crippen molar-refractivity contribution in [3.05, 3.63) is 93.0 Å². The Morgan fingerprint density at radius 3 is 1.43 bits per heavy atom. The zero-order valence-electron chi connectivity index (χ0n) is 16.9. The summed E-state index contributed by atoms with van der Waals surface area (Å²) in [5, 5.41) is 6.80. The van der Waals surface area contributed by atoms with Crippen molar-refractivity contribution in [1.29, 1.82) is 0 Å². The Morgan fingerprint density at radius 2 is 1.07 bits per heavy atom. The molecule has 0 saturated heterocycles. The molecule has 0 aliphatic rings. The van der Waals surface area contributed by atoms with Gasteiger partial charge in [-0.2, -0.15) is 0 Å². The molecule has 0 heterocycles. The van der Waals surface area contributed by atoms with Crippen LogP contribution in [0, 0.1) is 20.8 Å². The second-order valence-electron chi connectivity index (χ2n) is 7.24. The molecule has 3 aromatic carbocycles. The van der Waals surface area contributed by atoms with E-state index in [0.29, 0.717) is 27.0 Å². The molecule has 0 aromatic heterocycles. The molecule has 154 valence electrons. The van der Waals surface area contributed by atoms with E-state index >= 15 is 0 Å². The third-order valence-electron chi connectivity index (χ3n) is 4.77. The van der Waals surface area contributed by atoms with E-state index in [1.807, 2.05) is 32.9 Å². The Kier molecular flexibility index (Phi) is 6.80. The minimum absolute atomic E-state index is 0.418. The third-order valence-corrected chi connectivity index (χ3v) is 5.28. The van der Waals surface area contributed by atoms with Gasteiger partial charge in [0.25, 0.3) is 0 Å². The molecule has 0 atom stereocenters. The first-order valence-corrected chi connectivity index (χ1v) is 10.2. The van der Waals surface area contributed by atoms with Crippen LogP contribution in [-0.2, 0) is 9.59 Å². The fourth-order valence-electron chi connectivity index (χ4n) is 3.52. The highest BCUT2D eigenvalue weighted by atomic mass is 35.5. The zero-order chi connectivity index (χ0) is 21.8. The normalized spacial score (nSPS) is 10.7. The van der Waals surface area contributed by atoms with Gasteiger partial charge < -0.3 is 10.6 Å². The average molecular weight is 441 g/mol. The Hall–Kier alpha value is -2.82. The standard InChI is InChI=1S/C24H22Cl2N2O2/c1-14-12-15(2)21(16(3)13-14)22(23(29)27-19-8-4-17(25)5-9-19)24(30)28-20-10-6-18(26)7-11-20/h4-13,22H,1-3H3,(H,27,29)(H,28,30). The first-order valence-electron chi connectivity index (χ1n) is 9.45. The van der Waals surface area contributed by atoms with Crippen LogP contribution in [0.5, 0.6) is 0 Å². The van der Waals surface area contributed by atoms with Crippen molar-refractivity contribution in [3.63, 3.8) is 0 Å². The summed E-state index contributed by atoms with van der Waals surface area (Å²) in [4.78, 5) is 26.5. The van der Waals surface area contributed by atoms with Crippen molar-refractivity contribution in [1.82, 2.24) is 0 Å². The summed E-state index contributed by atoms with van der Waals surface area (Å²) in [6, 6.07) is 17.5. The van der Waals surface area contributed by atoms with Gasteiger partial charge in [-0.25, -0.2) is 0 Å². The van der Waals surface area contributed by atoms with E-state index in [-0.39, 0.29) is 0 Å². The molecule has 0 unspecified atom stereocenters. The zero-order valence-corrected chi connectivity index (χ0v) is 18.4. The van der Waals surface area contributed by atoms with E-state index in [2.05, 4.69) is 10.6 Å². The minimum Gasteiger partial charge on any atom is -0.325 e. The lowest BCUT2D eigenvalue weighted by atomic mass is 9.88. The quantitative estimate of drug-likeness (QED) is 0.458. The fraction of sp³-hybridized carbons (Fsp3) is 0.167. The van der Waals surface area contributed by atoms with E-state index in [1.54, 1.807) is 48.5 Å². The van der Waals surface area contributed by atoms with E-state index < -0.39 is 17.7 Å². The van der Waals surface area contributed by atoms with Crippen molar-refractivity contribution in [2.45, 2.75) is 26.7 Å². The van der Waals surface area contributed by atoms with Crippen LogP contribution in [0.4, 0.5) is 11.4 Å². The van der Waals surface area contributed by atoms with Crippen LogP contribution in [0.15, 0.2) is 60.7 Å². The highest BCUT2D eigenvalue weighted by Gasteiger charge is 2.31. The number of amides is 2. The molecular weight excluding hydrogens is 419 g/mol. The number of hydrogen-bond acceptors (Lipinski definition) is 2. The summed E-state index contributed by atoms with van der Waals surface area (Å²) in [7, 11) is 0. The molecule has 0 radical (unpaired) electrons. The predicted molar refractivity (Wildman–Crippen MR) is 124 cm³/mol. The molecule has 2 amide bonds. The van der Waals surface area contributed by atoms with Crippen molar-refractivity contribution in [2.75, 3.05) is 10.6 Å². The van der Waals surface area contributed by atoms with Crippen LogP contribution in [0.25, 0.3) is 0 Å². The van der Waals surface area contributed by atoms with Crippen LogP contribution >= 0.6 is 23.2 Å². The minimum atomic E-state index is -1.03. The molecule has 0 fully saturated rings. The highest BCUT2D eigenvalue weighted by molar-refractivity contribution is 6.31. The van der Waals surface area contributed by atoms with Crippen molar-refractivity contribution in [2.24, 2.45) is 0 Å². The van der Waals surface area contributed by atoms with Gasteiger partial charge in [-0.15, -0.1) is 0 Å². The number of hydrogen-bond donors (Lipinski definition) is 2. The lowest BCUT2D eigenvalue weighted by Gasteiger charge is -2.21. The molecule has 30 heavy (non-hydrogen) atoms. The summed E-state index contributed by atoms with van der Waals surface area (Å²) in [6.07, 6.45) is 0. The maximum Gasteiger partial charge on any atom is 0.241 e.